The van der Waals surface area contributed by atoms with Gasteiger partial charge in [0.25, 0.3) is 10.0 Å². The van der Waals surface area contributed by atoms with Gasteiger partial charge in [-0.3, -0.25) is 4.79 Å². The number of fused-ring (bicyclic) bond motifs is 1. The second kappa shape index (κ2) is 6.70. The molecular weight excluding hydrogens is 364 g/mol. The van der Waals surface area contributed by atoms with E-state index in [-0.39, 0.29) is 21.3 Å². The molecule has 0 atom stereocenters. The van der Waals surface area contributed by atoms with Crippen LogP contribution in [0, 0.1) is 6.92 Å². The highest BCUT2D eigenvalue weighted by molar-refractivity contribution is 7.89. The standard InChI is InChI=1S/C17H13ClN2O4S/c1-11-2-5-14(6-3-11)25(22,23)20-19-9-12-10-24-16-7-4-13(18)8-15(16)17(12)21/h2-10,20H,1H3/b19-9-. The summed E-state index contributed by atoms with van der Waals surface area (Å²) in [6.07, 6.45) is 2.31. The lowest BCUT2D eigenvalue weighted by molar-refractivity contribution is 0.584. The van der Waals surface area contributed by atoms with E-state index in [9.17, 15) is 13.2 Å². The number of nitrogens with one attached hydrogen (secondary N) is 1. The fourth-order valence-electron chi connectivity index (χ4n) is 2.14. The molecule has 3 aromatic rings. The molecule has 0 bridgehead atoms. The Labute approximate surface area is 148 Å². The van der Waals surface area contributed by atoms with Crippen molar-refractivity contribution in [3.63, 3.8) is 0 Å². The van der Waals surface area contributed by atoms with E-state index < -0.39 is 10.0 Å². The van der Waals surface area contributed by atoms with Gasteiger partial charge in [-0.1, -0.05) is 29.3 Å². The lowest BCUT2D eigenvalue weighted by Crippen LogP contribution is -2.19. The molecule has 2 aromatic carbocycles. The molecule has 8 heteroatoms. The quantitative estimate of drug-likeness (QED) is 0.559. The van der Waals surface area contributed by atoms with E-state index in [0.29, 0.717) is 10.6 Å². The summed E-state index contributed by atoms with van der Waals surface area (Å²) in [7, 11) is -3.81. The van der Waals surface area contributed by atoms with Crippen LogP contribution in [-0.2, 0) is 10.0 Å². The monoisotopic (exact) mass is 376 g/mol. The maximum atomic E-state index is 12.4. The molecule has 1 aromatic heterocycles. The zero-order valence-electron chi connectivity index (χ0n) is 13.1. The van der Waals surface area contributed by atoms with E-state index in [0.717, 1.165) is 11.8 Å². The number of hydrazone groups is 1. The first-order valence-corrected chi connectivity index (χ1v) is 9.05. The average molecular weight is 377 g/mol. The Morgan fingerprint density at radius 1 is 1.16 bits per heavy atom. The van der Waals surface area contributed by atoms with Crippen molar-refractivity contribution >= 4 is 38.8 Å². The maximum absolute atomic E-state index is 12.4. The summed E-state index contributed by atoms with van der Waals surface area (Å²) in [5, 5.41) is 4.33. The molecular formula is C17H13ClN2O4S. The summed E-state index contributed by atoms with van der Waals surface area (Å²) >= 11 is 5.88. The Hall–Kier alpha value is -2.64. The molecule has 0 fully saturated rings. The van der Waals surface area contributed by atoms with Gasteiger partial charge in [-0.05, 0) is 37.3 Å². The van der Waals surface area contributed by atoms with Crippen molar-refractivity contribution in [3.8, 4) is 0 Å². The SMILES string of the molecule is Cc1ccc(S(=O)(=O)N/N=C\c2coc3ccc(Cl)cc3c2=O)cc1. The number of benzene rings is 2. The minimum atomic E-state index is -3.81. The highest BCUT2D eigenvalue weighted by Gasteiger charge is 2.12. The predicted molar refractivity (Wildman–Crippen MR) is 96.6 cm³/mol. The molecule has 0 aliphatic rings. The van der Waals surface area contributed by atoms with Crippen LogP contribution in [0.2, 0.25) is 5.02 Å². The van der Waals surface area contributed by atoms with Crippen LogP contribution in [0.5, 0.6) is 0 Å². The molecule has 0 amide bonds. The van der Waals surface area contributed by atoms with E-state index in [1.54, 1.807) is 24.3 Å². The van der Waals surface area contributed by atoms with E-state index in [1.165, 1.54) is 24.5 Å². The van der Waals surface area contributed by atoms with Crippen LogP contribution in [0.3, 0.4) is 0 Å². The third-order valence-electron chi connectivity index (χ3n) is 3.47. The lowest BCUT2D eigenvalue weighted by atomic mass is 10.2. The van der Waals surface area contributed by atoms with Gasteiger partial charge in [-0.15, -0.1) is 0 Å². The molecule has 6 nitrogen and oxygen atoms in total. The topological polar surface area (TPSA) is 88.7 Å². The summed E-state index contributed by atoms with van der Waals surface area (Å²) in [6, 6.07) is 11.0. The maximum Gasteiger partial charge on any atom is 0.276 e. The van der Waals surface area contributed by atoms with Gasteiger partial charge in [0.15, 0.2) is 0 Å². The van der Waals surface area contributed by atoms with Crippen LogP contribution in [0.1, 0.15) is 11.1 Å². The van der Waals surface area contributed by atoms with Crippen molar-refractivity contribution in [2.45, 2.75) is 11.8 Å². The number of hydrogen-bond donors (Lipinski definition) is 1. The molecule has 0 saturated heterocycles. The Morgan fingerprint density at radius 3 is 2.60 bits per heavy atom. The van der Waals surface area contributed by atoms with Crippen LogP contribution in [0.25, 0.3) is 11.0 Å². The van der Waals surface area contributed by atoms with Gasteiger partial charge in [-0.2, -0.15) is 13.5 Å². The minimum Gasteiger partial charge on any atom is -0.463 e. The second-order valence-electron chi connectivity index (χ2n) is 5.33. The number of aryl methyl sites for hydroxylation is 1. The van der Waals surface area contributed by atoms with Crippen molar-refractivity contribution in [1.29, 1.82) is 0 Å². The summed E-state index contributed by atoms with van der Waals surface area (Å²) in [5.41, 5.74) is 1.06. The fourth-order valence-corrected chi connectivity index (χ4v) is 3.11. The molecule has 0 aliphatic carbocycles. The molecule has 0 spiro atoms. The first kappa shape index (κ1) is 17.2. The molecule has 0 unspecified atom stereocenters. The van der Waals surface area contributed by atoms with Crippen molar-refractivity contribution in [2.24, 2.45) is 5.10 Å². The zero-order valence-corrected chi connectivity index (χ0v) is 14.6. The van der Waals surface area contributed by atoms with Crippen molar-refractivity contribution < 1.29 is 12.8 Å². The van der Waals surface area contributed by atoms with Crippen LogP contribution < -0.4 is 10.3 Å². The molecule has 0 aliphatic heterocycles. The number of sulfonamides is 1. The fraction of sp³-hybridized carbons (Fsp3) is 0.0588. The molecule has 3 rings (SSSR count). The van der Waals surface area contributed by atoms with Crippen molar-refractivity contribution in [3.05, 3.63) is 75.1 Å². The van der Waals surface area contributed by atoms with Crippen LogP contribution >= 0.6 is 11.6 Å². The molecule has 128 valence electrons. The summed E-state index contributed by atoms with van der Waals surface area (Å²) < 4.78 is 29.6. The van der Waals surface area contributed by atoms with Gasteiger partial charge in [0.2, 0.25) is 5.43 Å². The number of rotatable bonds is 4. The predicted octanol–water partition coefficient (Wildman–Crippen LogP) is 3.07. The zero-order chi connectivity index (χ0) is 18.0. The van der Waals surface area contributed by atoms with Gasteiger partial charge in [0.1, 0.15) is 11.8 Å². The van der Waals surface area contributed by atoms with Gasteiger partial charge in [0, 0.05) is 5.02 Å². The number of nitrogens with zero attached hydrogens (tertiary/aromatic N) is 1. The minimum absolute atomic E-state index is 0.0765. The second-order valence-corrected chi connectivity index (χ2v) is 7.42. The Bertz CT molecular complexity index is 1120. The Balaban J connectivity index is 1.87. The van der Waals surface area contributed by atoms with Gasteiger partial charge >= 0.3 is 0 Å². The van der Waals surface area contributed by atoms with Gasteiger partial charge in [0.05, 0.1) is 22.1 Å². The highest BCUT2D eigenvalue weighted by atomic mass is 35.5. The van der Waals surface area contributed by atoms with Gasteiger partial charge < -0.3 is 4.42 Å². The molecule has 0 saturated carbocycles. The normalized spacial score (nSPS) is 11.9. The average Bonchev–Trinajstić information content (AvgIpc) is 2.58. The van der Waals surface area contributed by atoms with Gasteiger partial charge in [-0.25, -0.2) is 4.83 Å². The van der Waals surface area contributed by atoms with Crippen LogP contribution in [-0.4, -0.2) is 14.6 Å². The van der Waals surface area contributed by atoms with Crippen LogP contribution in [0.15, 0.2) is 67.9 Å². The molecule has 0 radical (unpaired) electrons. The largest absolute Gasteiger partial charge is 0.463 e. The summed E-state index contributed by atoms with van der Waals surface area (Å²) in [5.74, 6) is 0. The molecule has 25 heavy (non-hydrogen) atoms. The molecule has 1 N–H and O–H groups in total. The summed E-state index contributed by atoms with van der Waals surface area (Å²) in [6.45, 7) is 1.85. The Kier molecular flexibility index (Phi) is 4.61. The number of hydrogen-bond acceptors (Lipinski definition) is 5. The molecule has 1 heterocycles. The van der Waals surface area contributed by atoms with Crippen LogP contribution in [0.4, 0.5) is 0 Å². The van der Waals surface area contributed by atoms with E-state index in [2.05, 4.69) is 9.93 Å². The van der Waals surface area contributed by atoms with Crippen molar-refractivity contribution in [2.75, 3.05) is 0 Å². The van der Waals surface area contributed by atoms with E-state index in [4.69, 9.17) is 16.0 Å². The first-order valence-electron chi connectivity index (χ1n) is 7.19. The van der Waals surface area contributed by atoms with Crippen molar-refractivity contribution in [1.82, 2.24) is 4.83 Å². The van der Waals surface area contributed by atoms with E-state index in [1.807, 2.05) is 6.92 Å². The smallest absolute Gasteiger partial charge is 0.276 e. The lowest BCUT2D eigenvalue weighted by Gasteiger charge is -2.03. The third kappa shape index (κ3) is 3.72. The first-order chi connectivity index (χ1) is 11.9. The Morgan fingerprint density at radius 2 is 1.88 bits per heavy atom. The van der Waals surface area contributed by atoms with E-state index >= 15 is 0 Å². The third-order valence-corrected chi connectivity index (χ3v) is 4.94. The highest BCUT2D eigenvalue weighted by Crippen LogP contribution is 2.16. The number of halogens is 1. The summed E-state index contributed by atoms with van der Waals surface area (Å²) in [4.78, 5) is 14.5.